The maximum absolute atomic E-state index is 12.4. The van der Waals surface area contributed by atoms with Crippen molar-refractivity contribution in [3.05, 3.63) is 29.4 Å². The van der Waals surface area contributed by atoms with Crippen molar-refractivity contribution in [2.24, 2.45) is 0 Å². The summed E-state index contributed by atoms with van der Waals surface area (Å²) in [6.07, 6.45) is 5.07. The molecule has 0 unspecified atom stereocenters. The fourth-order valence-electron chi connectivity index (χ4n) is 3.04. The average molecular weight is 418 g/mol. The monoisotopic (exact) mass is 417 g/mol. The van der Waals surface area contributed by atoms with Crippen molar-refractivity contribution in [2.45, 2.75) is 32.6 Å². The number of aryl methyl sites for hydroxylation is 1. The van der Waals surface area contributed by atoms with E-state index in [1.807, 2.05) is 23.1 Å². The standard InChI is InChI=1S/C19H27N7O2S/c1-2-3-7-16-23-24-19(29-16)22-18(28)21-10-8-17(27)26-13-11-25(12-14-26)15-6-4-5-9-20-15/h4-6,9H,2-3,7-8,10-14H2,1H3,(H2,21,22,24,28). The van der Waals surface area contributed by atoms with Crippen LogP contribution in [0.2, 0.25) is 0 Å². The molecule has 2 aromatic heterocycles. The number of piperazine rings is 1. The second-order valence-electron chi connectivity index (χ2n) is 6.79. The molecular weight excluding hydrogens is 390 g/mol. The molecule has 1 saturated heterocycles. The third-order valence-electron chi connectivity index (χ3n) is 4.66. The lowest BCUT2D eigenvalue weighted by Crippen LogP contribution is -2.49. The van der Waals surface area contributed by atoms with E-state index in [2.05, 4.69) is 37.6 Å². The van der Waals surface area contributed by atoms with Crippen molar-refractivity contribution in [1.29, 1.82) is 0 Å². The number of nitrogens with one attached hydrogen (secondary N) is 2. The molecular formula is C19H27N7O2S. The van der Waals surface area contributed by atoms with Crippen LogP contribution < -0.4 is 15.5 Å². The third-order valence-corrected chi connectivity index (χ3v) is 5.56. The van der Waals surface area contributed by atoms with Gasteiger partial charge in [-0.2, -0.15) is 0 Å². The Balaban J connectivity index is 1.33. The van der Waals surface area contributed by atoms with Crippen LogP contribution in [0.1, 0.15) is 31.2 Å². The minimum absolute atomic E-state index is 0.0451. The quantitative estimate of drug-likeness (QED) is 0.682. The third kappa shape index (κ3) is 6.38. The first-order valence-corrected chi connectivity index (χ1v) is 10.8. The highest BCUT2D eigenvalue weighted by molar-refractivity contribution is 7.15. The number of nitrogens with zero attached hydrogens (tertiary/aromatic N) is 5. The van der Waals surface area contributed by atoms with Gasteiger partial charge in [-0.1, -0.05) is 30.7 Å². The van der Waals surface area contributed by atoms with Gasteiger partial charge in [-0.05, 0) is 18.6 Å². The molecule has 29 heavy (non-hydrogen) atoms. The number of carbonyl (C=O) groups is 2. The number of amides is 3. The van der Waals surface area contributed by atoms with E-state index < -0.39 is 0 Å². The van der Waals surface area contributed by atoms with Crippen LogP contribution in [0.15, 0.2) is 24.4 Å². The lowest BCUT2D eigenvalue weighted by atomic mass is 10.2. The molecule has 9 nitrogen and oxygen atoms in total. The van der Waals surface area contributed by atoms with Crippen LogP contribution >= 0.6 is 11.3 Å². The van der Waals surface area contributed by atoms with E-state index in [1.54, 1.807) is 6.20 Å². The Labute approximate surface area is 174 Å². The molecule has 0 aliphatic carbocycles. The van der Waals surface area contributed by atoms with Crippen molar-refractivity contribution >= 4 is 34.2 Å². The van der Waals surface area contributed by atoms with Gasteiger partial charge < -0.3 is 15.1 Å². The van der Waals surface area contributed by atoms with E-state index >= 15 is 0 Å². The molecule has 10 heteroatoms. The van der Waals surface area contributed by atoms with E-state index in [-0.39, 0.29) is 24.9 Å². The number of unbranched alkanes of at least 4 members (excludes halogenated alkanes) is 1. The van der Waals surface area contributed by atoms with Gasteiger partial charge in [-0.3, -0.25) is 10.1 Å². The summed E-state index contributed by atoms with van der Waals surface area (Å²) >= 11 is 1.38. The second kappa shape index (κ2) is 10.7. The number of carbonyl (C=O) groups excluding carboxylic acids is 2. The first-order valence-electron chi connectivity index (χ1n) is 9.96. The van der Waals surface area contributed by atoms with E-state index in [0.29, 0.717) is 18.2 Å². The van der Waals surface area contributed by atoms with Gasteiger partial charge >= 0.3 is 6.03 Å². The van der Waals surface area contributed by atoms with E-state index in [0.717, 1.165) is 43.2 Å². The zero-order chi connectivity index (χ0) is 20.5. The molecule has 0 bridgehead atoms. The average Bonchev–Trinajstić information content (AvgIpc) is 3.20. The molecule has 1 aliphatic heterocycles. The Morgan fingerprint density at radius 1 is 1.17 bits per heavy atom. The molecule has 0 atom stereocenters. The summed E-state index contributed by atoms with van der Waals surface area (Å²) in [6, 6.07) is 5.47. The molecule has 3 amide bonds. The van der Waals surface area contributed by atoms with Gasteiger partial charge in [0.15, 0.2) is 0 Å². The lowest BCUT2D eigenvalue weighted by molar-refractivity contribution is -0.131. The van der Waals surface area contributed by atoms with Crippen LogP contribution in [-0.2, 0) is 11.2 Å². The van der Waals surface area contributed by atoms with Gasteiger partial charge in [-0.25, -0.2) is 9.78 Å². The Hall–Kier alpha value is -2.75. The van der Waals surface area contributed by atoms with Gasteiger partial charge in [0.25, 0.3) is 0 Å². The number of anilines is 2. The zero-order valence-electron chi connectivity index (χ0n) is 16.6. The van der Waals surface area contributed by atoms with E-state index in [4.69, 9.17) is 0 Å². The van der Waals surface area contributed by atoms with Gasteiger partial charge in [0, 0.05) is 51.8 Å². The van der Waals surface area contributed by atoms with Gasteiger partial charge in [-0.15, -0.1) is 10.2 Å². The predicted molar refractivity (Wildman–Crippen MR) is 113 cm³/mol. The summed E-state index contributed by atoms with van der Waals surface area (Å²) in [5.74, 6) is 0.983. The van der Waals surface area contributed by atoms with Crippen LogP contribution in [-0.4, -0.2) is 64.7 Å². The summed E-state index contributed by atoms with van der Waals surface area (Å²) in [4.78, 5) is 32.7. The Morgan fingerprint density at radius 3 is 2.72 bits per heavy atom. The first kappa shape index (κ1) is 21.0. The van der Waals surface area contributed by atoms with Crippen molar-refractivity contribution in [2.75, 3.05) is 42.9 Å². The molecule has 0 radical (unpaired) electrons. The number of hydrogen-bond donors (Lipinski definition) is 2. The van der Waals surface area contributed by atoms with E-state index in [9.17, 15) is 9.59 Å². The second-order valence-corrected chi connectivity index (χ2v) is 7.85. The topological polar surface area (TPSA) is 103 Å². The number of aromatic nitrogens is 3. The molecule has 3 rings (SSSR count). The number of hydrogen-bond acceptors (Lipinski definition) is 7. The molecule has 1 aliphatic rings. The smallest absolute Gasteiger partial charge is 0.321 e. The molecule has 0 aromatic carbocycles. The van der Waals surface area contributed by atoms with Crippen LogP contribution in [0.25, 0.3) is 0 Å². The maximum Gasteiger partial charge on any atom is 0.321 e. The van der Waals surface area contributed by atoms with Gasteiger partial charge in [0.05, 0.1) is 0 Å². The highest BCUT2D eigenvalue weighted by Crippen LogP contribution is 2.17. The largest absolute Gasteiger partial charge is 0.353 e. The molecule has 3 heterocycles. The van der Waals surface area contributed by atoms with E-state index in [1.165, 1.54) is 11.3 Å². The molecule has 2 aromatic rings. The highest BCUT2D eigenvalue weighted by atomic mass is 32.1. The summed E-state index contributed by atoms with van der Waals surface area (Å²) in [7, 11) is 0. The maximum atomic E-state index is 12.4. The van der Waals surface area contributed by atoms with Crippen molar-refractivity contribution in [1.82, 2.24) is 25.4 Å². The molecule has 156 valence electrons. The number of rotatable bonds is 8. The van der Waals surface area contributed by atoms with Crippen LogP contribution in [0.3, 0.4) is 0 Å². The molecule has 1 fully saturated rings. The minimum atomic E-state index is -0.365. The Morgan fingerprint density at radius 2 is 2.00 bits per heavy atom. The minimum Gasteiger partial charge on any atom is -0.353 e. The Kier molecular flexibility index (Phi) is 7.74. The SMILES string of the molecule is CCCCc1nnc(NC(=O)NCCC(=O)N2CCN(c3ccccn3)CC2)s1. The van der Waals surface area contributed by atoms with Crippen LogP contribution in [0, 0.1) is 0 Å². The van der Waals surface area contributed by atoms with Gasteiger partial charge in [0.1, 0.15) is 10.8 Å². The highest BCUT2D eigenvalue weighted by Gasteiger charge is 2.21. The Bertz CT molecular complexity index is 791. The van der Waals surface area contributed by atoms with Crippen LogP contribution in [0.4, 0.5) is 15.7 Å². The van der Waals surface area contributed by atoms with Crippen molar-refractivity contribution < 1.29 is 9.59 Å². The summed E-state index contributed by atoms with van der Waals surface area (Å²) in [6.45, 7) is 5.24. The first-order chi connectivity index (χ1) is 14.2. The van der Waals surface area contributed by atoms with Crippen LogP contribution in [0.5, 0.6) is 0 Å². The predicted octanol–water partition coefficient (Wildman–Crippen LogP) is 2.14. The van der Waals surface area contributed by atoms with Crippen molar-refractivity contribution in [3.8, 4) is 0 Å². The number of urea groups is 1. The fraction of sp³-hybridized carbons (Fsp3) is 0.526. The summed E-state index contributed by atoms with van der Waals surface area (Å²) in [5, 5.41) is 14.8. The molecule has 2 N–H and O–H groups in total. The van der Waals surface area contributed by atoms with Gasteiger partial charge in [0.2, 0.25) is 11.0 Å². The number of pyridine rings is 1. The fourth-order valence-corrected chi connectivity index (χ4v) is 3.82. The lowest BCUT2D eigenvalue weighted by Gasteiger charge is -2.35. The molecule has 0 spiro atoms. The summed E-state index contributed by atoms with van der Waals surface area (Å²) < 4.78 is 0. The zero-order valence-corrected chi connectivity index (χ0v) is 17.5. The molecule has 0 saturated carbocycles. The normalized spacial score (nSPS) is 14.0. The summed E-state index contributed by atoms with van der Waals surface area (Å²) in [5.41, 5.74) is 0. The van der Waals surface area contributed by atoms with Crippen molar-refractivity contribution in [3.63, 3.8) is 0 Å².